The lowest BCUT2D eigenvalue weighted by Crippen LogP contribution is -2.29. The van der Waals surface area contributed by atoms with Crippen LogP contribution in [0.4, 0.5) is 0 Å². The summed E-state index contributed by atoms with van der Waals surface area (Å²) in [7, 11) is 0. The quantitative estimate of drug-likeness (QED) is 0.0834. The number of nitrogens with one attached hydrogen (secondary N) is 1. The van der Waals surface area contributed by atoms with Crippen LogP contribution >= 0.6 is 0 Å². The van der Waals surface area contributed by atoms with Crippen LogP contribution in [0.25, 0.3) is 0 Å². The van der Waals surface area contributed by atoms with Gasteiger partial charge >= 0.3 is 5.76 Å². The molecule has 8 nitrogen and oxygen atoms in total. The molecule has 8 heteroatoms. The Kier molecular flexibility index (Phi) is 19.0. The number of aromatic amines is 1. The van der Waals surface area contributed by atoms with Crippen LogP contribution < -0.4 is 15.2 Å². The third kappa shape index (κ3) is 16.7. The summed E-state index contributed by atoms with van der Waals surface area (Å²) in [4.78, 5) is 13.7. The summed E-state index contributed by atoms with van der Waals surface area (Å²) in [6.45, 7) is 3.68. The lowest BCUT2D eigenvalue weighted by molar-refractivity contribution is -0.00880. The van der Waals surface area contributed by atoms with Gasteiger partial charge in [0.1, 0.15) is 30.8 Å². The molecule has 1 aromatic heterocycles. The van der Waals surface area contributed by atoms with Crippen LogP contribution in [0.3, 0.4) is 0 Å². The van der Waals surface area contributed by atoms with Crippen molar-refractivity contribution in [3.8, 4) is 17.6 Å². The Balaban J connectivity index is 1.30. The fraction of sp³-hybridized carbons (Fsp3) is 0.605. The lowest BCUT2D eigenvalue weighted by Gasteiger charge is -2.19. The van der Waals surface area contributed by atoms with E-state index >= 15 is 0 Å². The molecule has 1 heterocycles. The van der Waals surface area contributed by atoms with Crippen molar-refractivity contribution in [2.75, 3.05) is 19.8 Å². The van der Waals surface area contributed by atoms with Crippen molar-refractivity contribution in [1.29, 1.82) is 5.26 Å². The standard InChI is InChI=1S/C38H55N3O5/c1-2-3-4-5-6-7-8-9-10-11-12-13-14-15-16-17-28-43-36(30-44-34-22-18-32(19-23-34)26-27-39)31-45-35-24-20-33(21-25-35)29-37-40-38(42)46-41-37/h18-25,36H,2-17,26,28-31H2,1H3,(H,40,41,42). The van der Waals surface area contributed by atoms with E-state index in [1.165, 1.54) is 96.3 Å². The van der Waals surface area contributed by atoms with Crippen molar-refractivity contribution in [3.63, 3.8) is 0 Å². The zero-order chi connectivity index (χ0) is 32.5. The molecule has 0 aliphatic heterocycles. The summed E-state index contributed by atoms with van der Waals surface area (Å²) in [5.41, 5.74) is 1.95. The number of hydrogen-bond acceptors (Lipinski definition) is 7. The predicted octanol–water partition coefficient (Wildman–Crippen LogP) is 9.12. The van der Waals surface area contributed by atoms with Gasteiger partial charge in [-0.1, -0.05) is 133 Å². The summed E-state index contributed by atoms with van der Waals surface area (Å²) in [5.74, 6) is 1.40. The van der Waals surface area contributed by atoms with Crippen LogP contribution in [-0.4, -0.2) is 36.1 Å². The molecule has 1 N–H and O–H groups in total. The number of nitriles is 1. The number of benzene rings is 2. The summed E-state index contributed by atoms with van der Waals surface area (Å²) < 4.78 is 22.9. The second kappa shape index (κ2) is 23.7. The van der Waals surface area contributed by atoms with Crippen molar-refractivity contribution < 1.29 is 18.7 Å². The number of aromatic nitrogens is 2. The van der Waals surface area contributed by atoms with E-state index in [9.17, 15) is 4.79 Å². The van der Waals surface area contributed by atoms with Crippen LogP contribution in [-0.2, 0) is 17.6 Å². The highest BCUT2D eigenvalue weighted by atomic mass is 16.6. The highest BCUT2D eigenvalue weighted by Gasteiger charge is 2.13. The fourth-order valence-electron chi connectivity index (χ4n) is 5.45. The van der Waals surface area contributed by atoms with Crippen molar-refractivity contribution in [2.24, 2.45) is 0 Å². The fourth-order valence-corrected chi connectivity index (χ4v) is 5.45. The number of H-pyrrole nitrogens is 1. The maximum absolute atomic E-state index is 11.2. The Hall–Kier alpha value is -3.57. The minimum Gasteiger partial charge on any atom is -0.491 e. The first-order valence-corrected chi connectivity index (χ1v) is 17.6. The van der Waals surface area contributed by atoms with Crippen LogP contribution in [0.15, 0.2) is 57.8 Å². The minimum absolute atomic E-state index is 0.227. The Bertz CT molecular complexity index is 1260. The molecule has 0 saturated carbocycles. The zero-order valence-corrected chi connectivity index (χ0v) is 28.0. The van der Waals surface area contributed by atoms with Crippen LogP contribution in [0.5, 0.6) is 11.5 Å². The molecule has 0 bridgehead atoms. The second-order valence-corrected chi connectivity index (χ2v) is 12.3. The van der Waals surface area contributed by atoms with Gasteiger partial charge < -0.3 is 14.2 Å². The van der Waals surface area contributed by atoms with E-state index in [0.29, 0.717) is 38.5 Å². The SMILES string of the molecule is CCCCCCCCCCCCCCCCCCOC(COc1ccc(CC#N)cc1)COc1ccc(Cc2noc(=O)[nH]2)cc1. The van der Waals surface area contributed by atoms with Crippen molar-refractivity contribution in [2.45, 2.75) is 129 Å². The normalized spacial score (nSPS) is 11.7. The maximum Gasteiger partial charge on any atom is 0.438 e. The topological polar surface area (TPSA) is 110 Å². The molecule has 252 valence electrons. The molecule has 0 fully saturated rings. The van der Waals surface area contributed by atoms with E-state index in [4.69, 9.17) is 19.5 Å². The number of hydrogen-bond donors (Lipinski definition) is 1. The second-order valence-electron chi connectivity index (χ2n) is 12.3. The number of unbranched alkanes of at least 4 members (excludes halogenated alkanes) is 15. The molecule has 0 aliphatic carbocycles. The molecule has 3 aromatic rings. The molecule has 0 amide bonds. The first-order chi connectivity index (χ1) is 22.7. The first kappa shape index (κ1) is 36.9. The molecule has 1 atom stereocenters. The van der Waals surface area contributed by atoms with Crippen molar-refractivity contribution in [1.82, 2.24) is 10.1 Å². The summed E-state index contributed by atoms with van der Waals surface area (Å²) in [6.07, 6.45) is 22.1. The van der Waals surface area contributed by atoms with Gasteiger partial charge in [0.15, 0.2) is 5.82 Å². The molecular weight excluding hydrogens is 578 g/mol. The van der Waals surface area contributed by atoms with Gasteiger partial charge in [-0.05, 0) is 41.8 Å². The molecule has 0 aliphatic rings. The summed E-state index contributed by atoms with van der Waals surface area (Å²) in [6, 6.07) is 17.4. The highest BCUT2D eigenvalue weighted by Crippen LogP contribution is 2.17. The average Bonchev–Trinajstić information content (AvgIpc) is 3.48. The number of ether oxygens (including phenoxy) is 3. The molecule has 46 heavy (non-hydrogen) atoms. The van der Waals surface area contributed by atoms with Gasteiger partial charge in [0.2, 0.25) is 0 Å². The Labute approximate surface area is 275 Å². The van der Waals surface area contributed by atoms with Crippen molar-refractivity contribution >= 4 is 0 Å². The number of nitrogens with zero attached hydrogens (tertiary/aromatic N) is 2. The summed E-state index contributed by atoms with van der Waals surface area (Å²) in [5, 5.41) is 12.6. The first-order valence-electron chi connectivity index (χ1n) is 17.6. The Morgan fingerprint density at radius 2 is 1.20 bits per heavy atom. The Morgan fingerprint density at radius 3 is 1.65 bits per heavy atom. The molecule has 0 radical (unpaired) electrons. The Morgan fingerprint density at radius 1 is 0.717 bits per heavy atom. The molecular formula is C38H55N3O5. The smallest absolute Gasteiger partial charge is 0.438 e. The zero-order valence-electron chi connectivity index (χ0n) is 28.0. The van der Waals surface area contributed by atoms with E-state index in [2.05, 4.69) is 27.7 Å². The predicted molar refractivity (Wildman–Crippen MR) is 182 cm³/mol. The highest BCUT2D eigenvalue weighted by molar-refractivity contribution is 5.29. The van der Waals surface area contributed by atoms with E-state index in [0.717, 1.165) is 29.0 Å². The van der Waals surface area contributed by atoms with Gasteiger partial charge in [-0.15, -0.1) is 0 Å². The van der Waals surface area contributed by atoms with Gasteiger partial charge in [0, 0.05) is 13.0 Å². The van der Waals surface area contributed by atoms with Gasteiger partial charge in [-0.25, -0.2) is 4.79 Å². The van der Waals surface area contributed by atoms with Gasteiger partial charge in [0.05, 0.1) is 12.5 Å². The van der Waals surface area contributed by atoms with E-state index in [1.807, 2.05) is 48.5 Å². The summed E-state index contributed by atoms with van der Waals surface area (Å²) >= 11 is 0. The van der Waals surface area contributed by atoms with Crippen LogP contribution in [0.2, 0.25) is 0 Å². The third-order valence-corrected chi connectivity index (χ3v) is 8.21. The molecule has 0 spiro atoms. The van der Waals surface area contributed by atoms with E-state index in [-0.39, 0.29) is 6.10 Å². The van der Waals surface area contributed by atoms with Gasteiger partial charge in [0.25, 0.3) is 0 Å². The van der Waals surface area contributed by atoms with Crippen LogP contribution in [0, 0.1) is 11.3 Å². The number of rotatable bonds is 27. The maximum atomic E-state index is 11.2. The molecule has 3 rings (SSSR count). The van der Waals surface area contributed by atoms with Gasteiger partial charge in [-0.2, -0.15) is 5.26 Å². The van der Waals surface area contributed by atoms with Crippen LogP contribution in [0.1, 0.15) is 127 Å². The molecule has 2 aromatic carbocycles. The monoisotopic (exact) mass is 633 g/mol. The van der Waals surface area contributed by atoms with E-state index < -0.39 is 5.76 Å². The van der Waals surface area contributed by atoms with Crippen molar-refractivity contribution in [3.05, 3.63) is 76.0 Å². The van der Waals surface area contributed by atoms with Gasteiger partial charge in [-0.3, -0.25) is 9.51 Å². The minimum atomic E-state index is -0.555. The third-order valence-electron chi connectivity index (χ3n) is 8.21. The molecule has 1 unspecified atom stereocenters. The lowest BCUT2D eigenvalue weighted by atomic mass is 10.0. The largest absolute Gasteiger partial charge is 0.491 e. The average molecular weight is 634 g/mol. The molecule has 0 saturated heterocycles. The van der Waals surface area contributed by atoms with E-state index in [1.54, 1.807) is 0 Å².